The van der Waals surface area contributed by atoms with Crippen LogP contribution in [0.1, 0.15) is 45.3 Å². The summed E-state index contributed by atoms with van der Waals surface area (Å²) in [6, 6.07) is 10.2. The Morgan fingerprint density at radius 3 is 2.83 bits per heavy atom. The maximum absolute atomic E-state index is 12.8. The maximum Gasteiger partial charge on any atom is 0.335 e. The molecule has 3 rings (SSSR count). The second kappa shape index (κ2) is 6.70. The summed E-state index contributed by atoms with van der Waals surface area (Å²) in [4.78, 5) is 29.7. The second-order valence-corrected chi connectivity index (χ2v) is 5.63. The molecule has 2 heterocycles. The Kier molecular flexibility index (Phi) is 4.46. The molecule has 0 bridgehead atoms. The number of carbonyl (C=O) groups excluding carboxylic acids is 1. The van der Waals surface area contributed by atoms with Gasteiger partial charge < -0.3 is 14.7 Å². The van der Waals surface area contributed by atoms with Crippen LogP contribution in [0.3, 0.4) is 0 Å². The normalized spacial score (nSPS) is 16.9. The number of pyridine rings is 1. The summed E-state index contributed by atoms with van der Waals surface area (Å²) in [7, 11) is 1.61. The number of ether oxygens (including phenoxy) is 1. The first-order chi connectivity index (χ1) is 11.6. The number of aromatic carboxylic acids is 1. The lowest BCUT2D eigenvalue weighted by Gasteiger charge is -2.26. The molecule has 1 unspecified atom stereocenters. The van der Waals surface area contributed by atoms with Gasteiger partial charge in [0, 0.05) is 18.3 Å². The van der Waals surface area contributed by atoms with Gasteiger partial charge in [0.25, 0.3) is 5.91 Å². The van der Waals surface area contributed by atoms with Crippen molar-refractivity contribution in [3.63, 3.8) is 0 Å². The Morgan fingerprint density at radius 1 is 1.29 bits per heavy atom. The molecule has 1 amide bonds. The molecule has 24 heavy (non-hydrogen) atoms. The number of carboxylic acid groups (broad SMARTS) is 1. The Bertz CT molecular complexity index is 775. The van der Waals surface area contributed by atoms with E-state index in [0.717, 1.165) is 24.2 Å². The maximum atomic E-state index is 12.8. The van der Waals surface area contributed by atoms with E-state index in [1.807, 2.05) is 24.3 Å². The van der Waals surface area contributed by atoms with Gasteiger partial charge in [0.05, 0.1) is 18.7 Å². The highest BCUT2D eigenvalue weighted by Crippen LogP contribution is 2.37. The average molecular weight is 326 g/mol. The van der Waals surface area contributed by atoms with Crippen molar-refractivity contribution in [2.45, 2.75) is 18.9 Å². The molecule has 1 aliphatic heterocycles. The number of rotatable bonds is 4. The van der Waals surface area contributed by atoms with Gasteiger partial charge >= 0.3 is 5.97 Å². The van der Waals surface area contributed by atoms with Crippen molar-refractivity contribution in [2.75, 3.05) is 13.7 Å². The Labute approximate surface area is 139 Å². The monoisotopic (exact) mass is 326 g/mol. The summed E-state index contributed by atoms with van der Waals surface area (Å²) in [6.07, 6.45) is 3.07. The van der Waals surface area contributed by atoms with E-state index in [1.165, 1.54) is 18.3 Å². The molecule has 124 valence electrons. The molecule has 1 N–H and O–H groups in total. The largest absolute Gasteiger partial charge is 0.496 e. The van der Waals surface area contributed by atoms with Crippen LogP contribution in [-0.2, 0) is 0 Å². The first-order valence-electron chi connectivity index (χ1n) is 7.75. The molecule has 0 aliphatic carbocycles. The smallest absolute Gasteiger partial charge is 0.335 e. The first kappa shape index (κ1) is 16.0. The molecule has 1 aliphatic rings. The highest BCUT2D eigenvalue weighted by Gasteiger charge is 2.33. The number of nitrogens with zero attached hydrogens (tertiary/aromatic N) is 2. The van der Waals surface area contributed by atoms with Crippen LogP contribution in [0.2, 0.25) is 0 Å². The van der Waals surface area contributed by atoms with Crippen LogP contribution in [-0.4, -0.2) is 40.5 Å². The van der Waals surface area contributed by atoms with E-state index in [9.17, 15) is 9.59 Å². The lowest BCUT2D eigenvalue weighted by molar-refractivity contribution is 0.0696. The van der Waals surface area contributed by atoms with Gasteiger partial charge in [-0.15, -0.1) is 0 Å². The molecular weight excluding hydrogens is 308 g/mol. The number of benzene rings is 1. The summed E-state index contributed by atoms with van der Waals surface area (Å²) >= 11 is 0. The van der Waals surface area contributed by atoms with Gasteiger partial charge in [-0.3, -0.25) is 9.78 Å². The fourth-order valence-corrected chi connectivity index (χ4v) is 3.10. The predicted molar refractivity (Wildman–Crippen MR) is 87.2 cm³/mol. The first-order valence-corrected chi connectivity index (χ1v) is 7.75. The van der Waals surface area contributed by atoms with Gasteiger partial charge in [0.1, 0.15) is 11.4 Å². The van der Waals surface area contributed by atoms with Crippen molar-refractivity contribution in [3.05, 3.63) is 59.4 Å². The molecule has 6 nitrogen and oxygen atoms in total. The molecule has 1 aromatic heterocycles. The van der Waals surface area contributed by atoms with E-state index in [-0.39, 0.29) is 23.2 Å². The summed E-state index contributed by atoms with van der Waals surface area (Å²) in [6.45, 7) is 0.612. The number of para-hydroxylation sites is 1. The van der Waals surface area contributed by atoms with Gasteiger partial charge in [-0.1, -0.05) is 18.2 Å². The summed E-state index contributed by atoms with van der Waals surface area (Å²) in [5.41, 5.74) is 1.17. The van der Waals surface area contributed by atoms with Crippen LogP contribution in [0.4, 0.5) is 0 Å². The van der Waals surface area contributed by atoms with Crippen LogP contribution in [0.15, 0.2) is 42.6 Å². The minimum absolute atomic E-state index is 0.0568. The zero-order valence-electron chi connectivity index (χ0n) is 13.3. The zero-order chi connectivity index (χ0) is 17.1. The van der Waals surface area contributed by atoms with Crippen LogP contribution < -0.4 is 4.74 Å². The van der Waals surface area contributed by atoms with Gasteiger partial charge in [-0.05, 0) is 31.0 Å². The van der Waals surface area contributed by atoms with Crippen LogP contribution in [0.25, 0.3) is 0 Å². The summed E-state index contributed by atoms with van der Waals surface area (Å²) in [5.74, 6) is -0.588. The van der Waals surface area contributed by atoms with Crippen molar-refractivity contribution in [1.82, 2.24) is 9.88 Å². The topological polar surface area (TPSA) is 79.7 Å². The van der Waals surface area contributed by atoms with Crippen molar-refractivity contribution in [2.24, 2.45) is 0 Å². The number of carbonyl (C=O) groups is 2. The number of methoxy groups -OCH3 is 1. The number of likely N-dealkylation sites (tertiary alicyclic amines) is 1. The minimum atomic E-state index is -1.07. The lowest BCUT2D eigenvalue weighted by atomic mass is 10.0. The lowest BCUT2D eigenvalue weighted by Crippen LogP contribution is -2.31. The third kappa shape index (κ3) is 2.95. The quantitative estimate of drug-likeness (QED) is 0.934. The molecule has 0 saturated carbocycles. The molecule has 0 radical (unpaired) electrons. The van der Waals surface area contributed by atoms with Gasteiger partial charge in [0.2, 0.25) is 0 Å². The fourth-order valence-electron chi connectivity index (χ4n) is 3.10. The van der Waals surface area contributed by atoms with Gasteiger partial charge in [-0.25, -0.2) is 4.79 Å². The summed E-state index contributed by atoms with van der Waals surface area (Å²) in [5, 5.41) is 9.09. The highest BCUT2D eigenvalue weighted by molar-refractivity contribution is 5.96. The van der Waals surface area contributed by atoms with E-state index in [0.29, 0.717) is 6.54 Å². The highest BCUT2D eigenvalue weighted by atomic mass is 16.5. The van der Waals surface area contributed by atoms with Crippen molar-refractivity contribution in [1.29, 1.82) is 0 Å². The molecule has 1 fully saturated rings. The zero-order valence-corrected chi connectivity index (χ0v) is 13.3. The Morgan fingerprint density at radius 2 is 2.08 bits per heavy atom. The van der Waals surface area contributed by atoms with Crippen molar-refractivity contribution >= 4 is 11.9 Å². The standard InChI is InChI=1S/C18H18N2O4/c1-24-16-7-3-2-5-13(16)15-6-4-10-20(15)17(21)14-11-12(18(22)23)8-9-19-14/h2-3,5,7-9,11,15H,4,6,10H2,1H3,(H,22,23). The number of amides is 1. The Hall–Kier alpha value is -2.89. The minimum Gasteiger partial charge on any atom is -0.496 e. The van der Waals surface area contributed by atoms with E-state index in [2.05, 4.69) is 4.98 Å². The molecule has 6 heteroatoms. The third-order valence-corrected chi connectivity index (χ3v) is 4.24. The number of aromatic nitrogens is 1. The van der Waals surface area contributed by atoms with E-state index >= 15 is 0 Å². The molecule has 0 spiro atoms. The van der Waals surface area contributed by atoms with Crippen molar-refractivity contribution in [3.8, 4) is 5.75 Å². The van der Waals surface area contributed by atoms with E-state index in [4.69, 9.17) is 9.84 Å². The average Bonchev–Trinajstić information content (AvgIpc) is 3.10. The molecule has 1 saturated heterocycles. The molecule has 1 aromatic carbocycles. The van der Waals surface area contributed by atoms with E-state index < -0.39 is 5.97 Å². The van der Waals surface area contributed by atoms with Crippen LogP contribution in [0.5, 0.6) is 5.75 Å². The van der Waals surface area contributed by atoms with Crippen molar-refractivity contribution < 1.29 is 19.4 Å². The predicted octanol–water partition coefficient (Wildman–Crippen LogP) is 2.77. The molecule has 1 atom stereocenters. The van der Waals surface area contributed by atoms with Gasteiger partial charge in [0.15, 0.2) is 0 Å². The summed E-state index contributed by atoms with van der Waals surface area (Å²) < 4.78 is 5.41. The van der Waals surface area contributed by atoms with Gasteiger partial charge in [-0.2, -0.15) is 0 Å². The van der Waals surface area contributed by atoms with Crippen LogP contribution >= 0.6 is 0 Å². The number of hydrogen-bond donors (Lipinski definition) is 1. The number of carboxylic acids is 1. The van der Waals surface area contributed by atoms with Crippen LogP contribution in [0, 0.1) is 0 Å². The Balaban J connectivity index is 1.92. The fraction of sp³-hybridized carbons (Fsp3) is 0.278. The SMILES string of the molecule is COc1ccccc1C1CCCN1C(=O)c1cc(C(=O)O)ccn1. The molecule has 2 aromatic rings. The van der Waals surface area contributed by atoms with E-state index in [1.54, 1.807) is 12.0 Å². The third-order valence-electron chi connectivity index (χ3n) is 4.24. The number of hydrogen-bond acceptors (Lipinski definition) is 4. The molecular formula is C18H18N2O4. The second-order valence-electron chi connectivity index (χ2n) is 5.63.